The first-order chi connectivity index (χ1) is 33.7. The summed E-state index contributed by atoms with van der Waals surface area (Å²) >= 11 is 1.88. The van der Waals surface area contributed by atoms with Crippen molar-refractivity contribution in [1.29, 1.82) is 0 Å². The minimum absolute atomic E-state index is 1.10. The van der Waals surface area contributed by atoms with E-state index in [-0.39, 0.29) is 0 Å². The third kappa shape index (κ3) is 6.77. The molecule has 0 atom stereocenters. The van der Waals surface area contributed by atoms with E-state index in [1.165, 1.54) is 108 Å². The third-order valence-electron chi connectivity index (χ3n) is 13.7. The Balaban J connectivity index is 0.998. The van der Waals surface area contributed by atoms with Crippen LogP contribution >= 0.6 is 11.3 Å². The smallest absolute Gasteiger partial charge is 0.0555 e. The van der Waals surface area contributed by atoms with Crippen molar-refractivity contribution < 1.29 is 0 Å². The first kappa shape index (κ1) is 39.8. The summed E-state index contributed by atoms with van der Waals surface area (Å²) in [6.07, 6.45) is 0. The lowest BCUT2D eigenvalue weighted by Crippen LogP contribution is -2.11. The number of hydrogen-bond donors (Lipinski definition) is 0. The molecule has 0 aliphatic heterocycles. The molecule has 0 unspecified atom stereocenters. The average molecular weight is 882 g/mol. The maximum absolute atomic E-state index is 2.50. The summed E-state index contributed by atoms with van der Waals surface area (Å²) in [6.45, 7) is 0. The molecule has 0 amide bonds. The highest BCUT2D eigenvalue weighted by Crippen LogP contribution is 2.51. The second-order valence-electron chi connectivity index (χ2n) is 17.5. The molecule has 13 rings (SSSR count). The zero-order valence-corrected chi connectivity index (χ0v) is 38.0. The largest absolute Gasteiger partial charge is 0.309 e. The molecule has 13 aromatic rings. The molecule has 0 aliphatic rings. The van der Waals surface area contributed by atoms with Gasteiger partial charge in [0.05, 0.1) is 11.4 Å². The third-order valence-corrected chi connectivity index (χ3v) is 14.9. The molecule has 318 valence electrons. The summed E-state index contributed by atoms with van der Waals surface area (Å²) in [4.78, 5) is 2.50. The number of thiophene rings is 1. The van der Waals surface area contributed by atoms with E-state index in [4.69, 9.17) is 0 Å². The molecule has 0 spiro atoms. The molecule has 1 heterocycles. The van der Waals surface area contributed by atoms with Gasteiger partial charge in [0.2, 0.25) is 0 Å². The van der Waals surface area contributed by atoms with E-state index < -0.39 is 0 Å². The van der Waals surface area contributed by atoms with E-state index in [2.05, 4.69) is 266 Å². The molecule has 0 bridgehead atoms. The van der Waals surface area contributed by atoms with E-state index in [1.807, 2.05) is 11.3 Å². The molecule has 68 heavy (non-hydrogen) atoms. The van der Waals surface area contributed by atoms with E-state index in [0.717, 1.165) is 17.1 Å². The number of benzene rings is 12. The van der Waals surface area contributed by atoms with Gasteiger partial charge in [-0.1, -0.05) is 231 Å². The van der Waals surface area contributed by atoms with Gasteiger partial charge in [0.1, 0.15) is 0 Å². The second kappa shape index (κ2) is 16.7. The van der Waals surface area contributed by atoms with Crippen molar-refractivity contribution in [2.75, 3.05) is 4.90 Å². The SMILES string of the molecule is c1ccc(-c2ccc(N(c3ccc(-c4cccc5ccccc45)c4ccccc34)c3ccc(-c4ccc(-c5cccc6cccc(-c7ccccc7)c56)cc4)c4sc5ccccc5c34)cc2)cc1. The Morgan fingerprint density at radius 2 is 0.721 bits per heavy atom. The van der Waals surface area contributed by atoms with Crippen LogP contribution in [0.3, 0.4) is 0 Å². The van der Waals surface area contributed by atoms with Gasteiger partial charge in [-0.2, -0.15) is 0 Å². The van der Waals surface area contributed by atoms with Crippen LogP contribution in [-0.4, -0.2) is 0 Å². The van der Waals surface area contributed by atoms with Crippen molar-refractivity contribution >= 4 is 80.9 Å². The lowest BCUT2D eigenvalue weighted by molar-refractivity contribution is 1.32. The van der Waals surface area contributed by atoms with Gasteiger partial charge < -0.3 is 4.90 Å². The molecule has 0 fully saturated rings. The monoisotopic (exact) mass is 881 g/mol. The molecule has 2 heteroatoms. The normalized spacial score (nSPS) is 11.5. The fraction of sp³-hybridized carbons (Fsp3) is 0. The number of hydrogen-bond acceptors (Lipinski definition) is 2. The van der Waals surface area contributed by atoms with Gasteiger partial charge in [-0.3, -0.25) is 0 Å². The van der Waals surface area contributed by atoms with Crippen LogP contribution in [0.15, 0.2) is 261 Å². The van der Waals surface area contributed by atoms with Crippen LogP contribution in [0.1, 0.15) is 0 Å². The van der Waals surface area contributed by atoms with Crippen molar-refractivity contribution in [3.63, 3.8) is 0 Å². The fourth-order valence-corrected chi connectivity index (χ4v) is 11.8. The summed E-state index contributed by atoms with van der Waals surface area (Å²) in [7, 11) is 0. The molecule has 0 saturated carbocycles. The first-order valence-electron chi connectivity index (χ1n) is 23.3. The number of nitrogens with zero attached hydrogens (tertiary/aromatic N) is 1. The van der Waals surface area contributed by atoms with Gasteiger partial charge in [0.15, 0.2) is 0 Å². The van der Waals surface area contributed by atoms with Gasteiger partial charge in [-0.25, -0.2) is 0 Å². The van der Waals surface area contributed by atoms with Crippen molar-refractivity contribution in [3.05, 3.63) is 261 Å². The number of rotatable bonds is 8. The molecule has 0 N–H and O–H groups in total. The van der Waals surface area contributed by atoms with Gasteiger partial charge in [-0.15, -0.1) is 11.3 Å². The summed E-state index contributed by atoms with van der Waals surface area (Å²) in [5, 5.41) is 9.94. The topological polar surface area (TPSA) is 3.24 Å². The Kier molecular flexibility index (Phi) is 9.77. The fourth-order valence-electron chi connectivity index (χ4n) is 10.5. The van der Waals surface area contributed by atoms with Crippen LogP contribution in [0.4, 0.5) is 17.1 Å². The van der Waals surface area contributed by atoms with Crippen molar-refractivity contribution in [2.45, 2.75) is 0 Å². The molecule has 1 aromatic heterocycles. The quantitative estimate of drug-likeness (QED) is 0.147. The van der Waals surface area contributed by atoms with Crippen LogP contribution in [-0.2, 0) is 0 Å². The average Bonchev–Trinajstić information content (AvgIpc) is 3.81. The van der Waals surface area contributed by atoms with Crippen LogP contribution < -0.4 is 4.90 Å². The van der Waals surface area contributed by atoms with E-state index >= 15 is 0 Å². The maximum Gasteiger partial charge on any atom is 0.0555 e. The van der Waals surface area contributed by atoms with E-state index in [9.17, 15) is 0 Å². The van der Waals surface area contributed by atoms with Crippen LogP contribution in [0, 0.1) is 0 Å². The Morgan fingerprint density at radius 3 is 1.44 bits per heavy atom. The van der Waals surface area contributed by atoms with E-state index in [0.29, 0.717) is 0 Å². The van der Waals surface area contributed by atoms with Crippen LogP contribution in [0.5, 0.6) is 0 Å². The summed E-state index contributed by atoms with van der Waals surface area (Å²) in [5.74, 6) is 0. The standard InChI is InChI=1S/C66H43NS/c1-3-16-44(17-4-1)45-36-38-51(39-37-45)67(61-42-41-58(57-25-9-10-26-59(57)61)56-30-13-21-46-20-7-8-24-52(46)56)62-43-40-55(66-65(62)60-27-11-12-31-63(60)68-66)49-34-32-48(33-35-49)54-29-15-23-50-22-14-28-53(64(50)54)47-18-5-2-6-19-47/h1-43H. The Bertz CT molecular complexity index is 3990. The minimum atomic E-state index is 1.10. The lowest BCUT2D eigenvalue weighted by Gasteiger charge is -2.29. The van der Waals surface area contributed by atoms with Gasteiger partial charge in [0.25, 0.3) is 0 Å². The number of anilines is 3. The zero-order valence-electron chi connectivity index (χ0n) is 37.2. The summed E-state index contributed by atoms with van der Waals surface area (Å²) in [5.41, 5.74) is 15.6. The highest BCUT2D eigenvalue weighted by Gasteiger charge is 2.24. The first-order valence-corrected chi connectivity index (χ1v) is 24.1. The van der Waals surface area contributed by atoms with Crippen LogP contribution in [0.2, 0.25) is 0 Å². The molecule has 0 radical (unpaired) electrons. The van der Waals surface area contributed by atoms with Crippen molar-refractivity contribution in [1.82, 2.24) is 0 Å². The summed E-state index contributed by atoms with van der Waals surface area (Å²) in [6, 6.07) is 95.7. The molecular formula is C66H43NS. The molecule has 12 aromatic carbocycles. The summed E-state index contributed by atoms with van der Waals surface area (Å²) < 4.78 is 2.54. The second-order valence-corrected chi connectivity index (χ2v) is 18.6. The Hall–Kier alpha value is -8.56. The van der Waals surface area contributed by atoms with Gasteiger partial charge in [0, 0.05) is 31.2 Å². The predicted molar refractivity (Wildman–Crippen MR) is 294 cm³/mol. The Morgan fingerprint density at radius 1 is 0.250 bits per heavy atom. The Labute approximate surface area is 400 Å². The minimum Gasteiger partial charge on any atom is -0.309 e. The number of fused-ring (bicyclic) bond motifs is 6. The van der Waals surface area contributed by atoms with Crippen LogP contribution in [0.25, 0.3) is 108 Å². The maximum atomic E-state index is 2.50. The highest BCUT2D eigenvalue weighted by molar-refractivity contribution is 7.26. The van der Waals surface area contributed by atoms with Gasteiger partial charge in [-0.05, 0) is 113 Å². The molecule has 1 nitrogen and oxygen atoms in total. The molecule has 0 saturated heterocycles. The van der Waals surface area contributed by atoms with Crippen molar-refractivity contribution in [2.24, 2.45) is 0 Å². The lowest BCUT2D eigenvalue weighted by atomic mass is 9.90. The predicted octanol–water partition coefficient (Wildman–Crippen LogP) is 19.3. The molecule has 0 aliphatic carbocycles. The van der Waals surface area contributed by atoms with Crippen molar-refractivity contribution in [3.8, 4) is 55.6 Å². The highest BCUT2D eigenvalue weighted by atomic mass is 32.1. The van der Waals surface area contributed by atoms with E-state index in [1.54, 1.807) is 0 Å². The molecular weight excluding hydrogens is 839 g/mol. The van der Waals surface area contributed by atoms with Gasteiger partial charge >= 0.3 is 0 Å². The zero-order chi connectivity index (χ0) is 45.0.